The Morgan fingerprint density at radius 1 is 1.20 bits per heavy atom. The van der Waals surface area contributed by atoms with Crippen LogP contribution in [0.15, 0.2) is 28.8 Å². The average Bonchev–Trinajstić information content (AvgIpc) is 2.88. The van der Waals surface area contributed by atoms with Crippen LogP contribution in [0.1, 0.15) is 32.6 Å². The number of benzene rings is 1. The first-order valence-electron chi connectivity index (χ1n) is 6.80. The highest BCUT2D eigenvalue weighted by Gasteiger charge is 2.28. The van der Waals surface area contributed by atoms with Crippen LogP contribution in [0.3, 0.4) is 0 Å². The number of nitrogens with one attached hydrogen (secondary N) is 1. The summed E-state index contributed by atoms with van der Waals surface area (Å²) in [6, 6.07) is 6.63. The number of rotatable bonds is 5. The summed E-state index contributed by atoms with van der Waals surface area (Å²) < 4.78 is 19.1. The van der Waals surface area contributed by atoms with Crippen LogP contribution in [-0.2, 0) is 0 Å². The summed E-state index contributed by atoms with van der Waals surface area (Å²) in [6.45, 7) is 6.27. The van der Waals surface area contributed by atoms with Crippen LogP contribution < -0.4 is 5.32 Å². The molecule has 20 heavy (non-hydrogen) atoms. The lowest BCUT2D eigenvalue weighted by Gasteiger charge is -2.23. The summed E-state index contributed by atoms with van der Waals surface area (Å²) in [4.78, 5) is 4.37. The second-order valence-corrected chi connectivity index (χ2v) is 5.28. The molecule has 0 aliphatic rings. The third kappa shape index (κ3) is 2.88. The molecule has 4 nitrogen and oxygen atoms in total. The minimum Gasteiger partial charge on any atom is -0.339 e. The Morgan fingerprint density at radius 3 is 2.50 bits per heavy atom. The van der Waals surface area contributed by atoms with Gasteiger partial charge in [0.15, 0.2) is 0 Å². The molecule has 0 amide bonds. The van der Waals surface area contributed by atoms with E-state index in [0.717, 1.165) is 0 Å². The smallest absolute Gasteiger partial charge is 0.231 e. The van der Waals surface area contributed by atoms with Gasteiger partial charge >= 0.3 is 0 Å². The molecule has 0 radical (unpaired) electrons. The molecule has 0 saturated heterocycles. The number of halogens is 1. The summed E-state index contributed by atoms with van der Waals surface area (Å²) in [7, 11) is 1.90. The molecule has 2 rings (SSSR count). The molecule has 0 fully saturated rings. The van der Waals surface area contributed by atoms with Crippen LogP contribution in [0.25, 0.3) is 11.4 Å². The van der Waals surface area contributed by atoms with E-state index in [1.165, 1.54) is 6.07 Å². The number of aromatic nitrogens is 2. The number of hydrogen-bond acceptors (Lipinski definition) is 4. The quantitative estimate of drug-likeness (QED) is 0.911. The van der Waals surface area contributed by atoms with Crippen LogP contribution in [0.5, 0.6) is 0 Å². The van der Waals surface area contributed by atoms with Crippen LogP contribution in [0.2, 0.25) is 0 Å². The topological polar surface area (TPSA) is 51.0 Å². The molecule has 0 spiro atoms. The zero-order valence-electron chi connectivity index (χ0n) is 12.2. The van der Waals surface area contributed by atoms with Crippen molar-refractivity contribution in [1.82, 2.24) is 15.5 Å². The second-order valence-electron chi connectivity index (χ2n) is 5.28. The third-order valence-electron chi connectivity index (χ3n) is 3.55. The van der Waals surface area contributed by atoms with Gasteiger partial charge in [0.05, 0.1) is 11.5 Å². The highest BCUT2D eigenvalue weighted by atomic mass is 19.1. The van der Waals surface area contributed by atoms with Gasteiger partial charge in [-0.25, -0.2) is 4.39 Å². The minimum absolute atomic E-state index is 0.0908. The van der Waals surface area contributed by atoms with Crippen LogP contribution in [0, 0.1) is 11.7 Å². The summed E-state index contributed by atoms with van der Waals surface area (Å²) >= 11 is 0. The third-order valence-corrected chi connectivity index (χ3v) is 3.55. The molecule has 0 bridgehead atoms. The molecule has 1 heterocycles. The van der Waals surface area contributed by atoms with E-state index in [9.17, 15) is 4.39 Å². The van der Waals surface area contributed by atoms with Gasteiger partial charge in [-0.05, 0) is 32.0 Å². The maximum Gasteiger partial charge on any atom is 0.231 e. The fraction of sp³-hybridized carbons (Fsp3) is 0.467. The van der Waals surface area contributed by atoms with E-state index in [1.807, 2.05) is 7.05 Å². The summed E-state index contributed by atoms with van der Waals surface area (Å²) in [5, 5.41) is 7.12. The Morgan fingerprint density at radius 2 is 1.90 bits per heavy atom. The van der Waals surface area contributed by atoms with E-state index < -0.39 is 0 Å². The van der Waals surface area contributed by atoms with Crippen molar-refractivity contribution in [2.75, 3.05) is 7.05 Å². The highest BCUT2D eigenvalue weighted by molar-refractivity contribution is 5.54. The molecule has 0 aliphatic carbocycles. The van der Waals surface area contributed by atoms with E-state index in [2.05, 4.69) is 36.2 Å². The number of nitrogens with zero attached hydrogens (tertiary/aromatic N) is 2. The van der Waals surface area contributed by atoms with E-state index in [1.54, 1.807) is 18.2 Å². The van der Waals surface area contributed by atoms with Gasteiger partial charge in [-0.15, -0.1) is 0 Å². The van der Waals surface area contributed by atoms with Gasteiger partial charge in [0.2, 0.25) is 11.7 Å². The molecule has 0 aliphatic heterocycles. The Labute approximate surface area is 118 Å². The molecular weight excluding hydrogens is 257 g/mol. The predicted molar refractivity (Wildman–Crippen MR) is 75.8 cm³/mol. The molecule has 1 aromatic heterocycles. The van der Waals surface area contributed by atoms with Gasteiger partial charge in [-0.2, -0.15) is 4.98 Å². The van der Waals surface area contributed by atoms with Crippen molar-refractivity contribution in [2.45, 2.75) is 32.7 Å². The molecule has 108 valence electrons. The van der Waals surface area contributed by atoms with Crippen molar-refractivity contribution in [3.8, 4) is 11.4 Å². The van der Waals surface area contributed by atoms with Crippen molar-refractivity contribution in [1.29, 1.82) is 0 Å². The maximum absolute atomic E-state index is 13.7. The fourth-order valence-electron chi connectivity index (χ4n) is 2.38. The van der Waals surface area contributed by atoms with Crippen LogP contribution in [-0.4, -0.2) is 23.2 Å². The average molecular weight is 277 g/mol. The van der Waals surface area contributed by atoms with Gasteiger partial charge in [-0.1, -0.05) is 31.1 Å². The minimum atomic E-state index is -0.345. The zero-order valence-corrected chi connectivity index (χ0v) is 12.2. The fourth-order valence-corrected chi connectivity index (χ4v) is 2.38. The Balaban J connectivity index is 2.35. The van der Waals surface area contributed by atoms with Crippen molar-refractivity contribution in [3.63, 3.8) is 0 Å². The number of hydrogen-bond donors (Lipinski definition) is 1. The summed E-state index contributed by atoms with van der Waals surface area (Å²) in [5.41, 5.74) is 0.363. The molecule has 2 aromatic rings. The van der Waals surface area contributed by atoms with Gasteiger partial charge in [0.1, 0.15) is 5.82 Å². The molecule has 2 atom stereocenters. The van der Waals surface area contributed by atoms with Crippen molar-refractivity contribution in [2.24, 2.45) is 5.92 Å². The first kappa shape index (κ1) is 14.7. The second kappa shape index (κ2) is 6.13. The van der Waals surface area contributed by atoms with Crippen LogP contribution in [0.4, 0.5) is 4.39 Å². The molecule has 5 heteroatoms. The van der Waals surface area contributed by atoms with Crippen molar-refractivity contribution >= 4 is 0 Å². The molecule has 1 aromatic carbocycles. The predicted octanol–water partition coefficient (Wildman–Crippen LogP) is 3.22. The molecule has 0 saturated carbocycles. The zero-order chi connectivity index (χ0) is 14.7. The standard InChI is InChI=1S/C15H20FN3O/c1-9(2)13(10(3)17-4)15-18-14(19-20-15)11-7-5-6-8-12(11)16/h5-10,13,17H,1-4H3. The Kier molecular flexibility index (Phi) is 4.49. The van der Waals surface area contributed by atoms with Crippen molar-refractivity contribution < 1.29 is 8.91 Å². The van der Waals surface area contributed by atoms with E-state index in [4.69, 9.17) is 4.52 Å². The van der Waals surface area contributed by atoms with E-state index in [0.29, 0.717) is 23.2 Å². The Bertz CT molecular complexity index is 568. The molecule has 1 N–H and O–H groups in total. The lowest BCUT2D eigenvalue weighted by atomic mass is 9.89. The van der Waals surface area contributed by atoms with E-state index in [-0.39, 0.29) is 17.8 Å². The molecule has 2 unspecified atom stereocenters. The first-order valence-corrected chi connectivity index (χ1v) is 6.80. The maximum atomic E-state index is 13.7. The van der Waals surface area contributed by atoms with Crippen LogP contribution >= 0.6 is 0 Å². The SMILES string of the molecule is CNC(C)C(c1nc(-c2ccccc2F)no1)C(C)C. The van der Waals surface area contributed by atoms with Crippen molar-refractivity contribution in [3.05, 3.63) is 36.0 Å². The molecular formula is C15H20FN3O. The largest absolute Gasteiger partial charge is 0.339 e. The number of likely N-dealkylation sites (N-methyl/N-ethyl adjacent to an activating group) is 1. The Hall–Kier alpha value is -1.75. The summed E-state index contributed by atoms with van der Waals surface area (Å²) in [5.74, 6) is 0.925. The van der Waals surface area contributed by atoms with Gasteiger partial charge < -0.3 is 9.84 Å². The normalized spacial score (nSPS) is 14.5. The lowest BCUT2D eigenvalue weighted by Crippen LogP contribution is -2.32. The van der Waals surface area contributed by atoms with Gasteiger partial charge in [0, 0.05) is 6.04 Å². The lowest BCUT2D eigenvalue weighted by molar-refractivity contribution is 0.286. The van der Waals surface area contributed by atoms with Gasteiger partial charge in [-0.3, -0.25) is 0 Å². The van der Waals surface area contributed by atoms with E-state index >= 15 is 0 Å². The summed E-state index contributed by atoms with van der Waals surface area (Å²) in [6.07, 6.45) is 0. The first-order chi connectivity index (χ1) is 9.54. The highest BCUT2D eigenvalue weighted by Crippen LogP contribution is 2.29. The monoisotopic (exact) mass is 277 g/mol. The van der Waals surface area contributed by atoms with Gasteiger partial charge in [0.25, 0.3) is 0 Å².